The highest BCUT2D eigenvalue weighted by Gasteiger charge is 2.76. The molecule has 4 fully saturated rings. The van der Waals surface area contributed by atoms with Crippen LogP contribution < -0.4 is 0 Å². The highest BCUT2D eigenvalue weighted by atomic mass is 16.3. The van der Waals surface area contributed by atoms with Crippen molar-refractivity contribution in [3.8, 4) is 5.75 Å². The Balaban J connectivity index is 1.19. The molecule has 0 radical (unpaired) electrons. The van der Waals surface area contributed by atoms with Crippen LogP contribution >= 0.6 is 0 Å². The lowest BCUT2D eigenvalue weighted by Gasteiger charge is -2.66. The number of amides is 1. The van der Waals surface area contributed by atoms with Crippen molar-refractivity contribution in [2.75, 3.05) is 19.6 Å². The smallest absolute Gasteiger partial charge is 0.254 e. The summed E-state index contributed by atoms with van der Waals surface area (Å²) >= 11 is 0. The topological polar surface area (TPSA) is 56.7 Å². The zero-order valence-electron chi connectivity index (χ0n) is 21.8. The maximum Gasteiger partial charge on any atom is 0.254 e. The highest BCUT2D eigenvalue weighted by Crippen LogP contribution is 2.75. The molecule has 1 N–H and O–H groups in total. The number of likely N-dealkylation sites (tertiary alicyclic amines) is 2. The van der Waals surface area contributed by atoms with Gasteiger partial charge in [0.2, 0.25) is 0 Å². The molecule has 3 aromatic rings. The normalized spacial score (nSPS) is 34.6. The molecule has 2 saturated carbocycles. The molecule has 3 aliphatic carbocycles. The number of aromatic hydroxyl groups is 1. The average molecular weight is 506 g/mol. The Morgan fingerprint density at radius 1 is 1.08 bits per heavy atom. The third-order valence-electron chi connectivity index (χ3n) is 11.3. The summed E-state index contributed by atoms with van der Waals surface area (Å²) in [5.41, 5.74) is 5.23. The summed E-state index contributed by atoms with van der Waals surface area (Å²) < 4.78 is 0. The summed E-state index contributed by atoms with van der Waals surface area (Å²) in [5, 5.41) is 10.7. The van der Waals surface area contributed by atoms with E-state index in [9.17, 15) is 9.90 Å². The van der Waals surface area contributed by atoms with E-state index < -0.39 is 0 Å². The quantitative estimate of drug-likeness (QED) is 0.551. The zero-order valence-corrected chi connectivity index (χ0v) is 21.8. The van der Waals surface area contributed by atoms with Gasteiger partial charge in [0.1, 0.15) is 5.75 Å². The van der Waals surface area contributed by atoms with E-state index >= 15 is 0 Å². The van der Waals surface area contributed by atoms with Crippen molar-refractivity contribution in [1.29, 1.82) is 0 Å². The van der Waals surface area contributed by atoms with Crippen LogP contribution in [0.2, 0.25) is 0 Å². The fraction of sp³-hybridized carbons (Fsp3) is 0.455. The monoisotopic (exact) mass is 505 g/mol. The van der Waals surface area contributed by atoms with Crippen LogP contribution in [0.3, 0.4) is 0 Å². The fourth-order valence-electron chi connectivity index (χ4n) is 10.2. The SMILES string of the molecule is O=C(c1ccccc1)N1C[C@H]2C[C@@]34CCC1C2[C@@]31CCN(CCc2cccnc2)[C@@H]4Cc2ccc(O)cc21. The Bertz CT molecular complexity index is 1390. The lowest BCUT2D eigenvalue weighted by Crippen LogP contribution is -2.69. The van der Waals surface area contributed by atoms with Crippen molar-refractivity contribution in [3.63, 3.8) is 0 Å². The minimum Gasteiger partial charge on any atom is -0.508 e. The van der Waals surface area contributed by atoms with Crippen molar-refractivity contribution in [2.24, 2.45) is 17.3 Å². The maximum absolute atomic E-state index is 13.7. The number of aromatic nitrogens is 1. The molecule has 8 rings (SSSR count). The molecule has 5 heteroatoms. The number of phenols is 1. The molecule has 194 valence electrons. The van der Waals surface area contributed by atoms with Gasteiger partial charge in [0.25, 0.3) is 5.91 Å². The molecule has 5 nitrogen and oxygen atoms in total. The Hall–Kier alpha value is -3.18. The second-order valence-electron chi connectivity index (χ2n) is 12.5. The number of fused-ring (bicyclic) bond motifs is 1. The summed E-state index contributed by atoms with van der Waals surface area (Å²) in [5.74, 6) is 1.60. The van der Waals surface area contributed by atoms with Gasteiger partial charge >= 0.3 is 0 Å². The molecule has 2 aromatic carbocycles. The van der Waals surface area contributed by atoms with Gasteiger partial charge in [-0.15, -0.1) is 0 Å². The van der Waals surface area contributed by atoms with Gasteiger partial charge in [-0.3, -0.25) is 14.7 Å². The van der Waals surface area contributed by atoms with E-state index in [1.807, 2.05) is 54.9 Å². The number of hydrogen-bond donors (Lipinski definition) is 1. The van der Waals surface area contributed by atoms with Gasteiger partial charge < -0.3 is 10.0 Å². The number of pyridine rings is 1. The second kappa shape index (κ2) is 8.16. The molecule has 1 amide bonds. The molecule has 4 bridgehead atoms. The van der Waals surface area contributed by atoms with E-state index in [0.29, 0.717) is 29.7 Å². The van der Waals surface area contributed by atoms with Crippen LogP contribution in [0.4, 0.5) is 0 Å². The number of phenolic OH excluding ortho intramolecular Hbond substituents is 1. The Labute approximate surface area is 224 Å². The number of rotatable bonds is 4. The van der Waals surface area contributed by atoms with Crippen molar-refractivity contribution in [3.05, 3.63) is 95.3 Å². The van der Waals surface area contributed by atoms with Gasteiger partial charge in [-0.05, 0) is 109 Å². The molecule has 2 unspecified atom stereocenters. The van der Waals surface area contributed by atoms with Crippen LogP contribution in [0, 0.1) is 17.3 Å². The summed E-state index contributed by atoms with van der Waals surface area (Å²) in [6.45, 7) is 3.03. The van der Waals surface area contributed by atoms with Gasteiger partial charge in [-0.1, -0.05) is 30.3 Å². The van der Waals surface area contributed by atoms with Crippen molar-refractivity contribution in [2.45, 2.75) is 56.0 Å². The minimum absolute atomic E-state index is 0.0497. The van der Waals surface area contributed by atoms with Gasteiger partial charge in [0, 0.05) is 48.5 Å². The first-order chi connectivity index (χ1) is 18.6. The molecule has 3 heterocycles. The van der Waals surface area contributed by atoms with E-state index in [1.165, 1.54) is 29.5 Å². The number of piperidine rings is 1. The zero-order chi connectivity index (χ0) is 25.5. The molecule has 2 aliphatic heterocycles. The van der Waals surface area contributed by atoms with Crippen LogP contribution in [0.1, 0.15) is 52.7 Å². The Morgan fingerprint density at radius 2 is 1.97 bits per heavy atom. The number of benzene rings is 2. The van der Waals surface area contributed by atoms with E-state index in [-0.39, 0.29) is 16.7 Å². The number of carbonyl (C=O) groups is 1. The Kier molecular flexibility index (Phi) is 4.89. The van der Waals surface area contributed by atoms with Crippen LogP contribution in [0.25, 0.3) is 0 Å². The second-order valence-corrected chi connectivity index (χ2v) is 12.5. The van der Waals surface area contributed by atoms with Gasteiger partial charge in [0.05, 0.1) is 0 Å². The van der Waals surface area contributed by atoms with Gasteiger partial charge in [-0.25, -0.2) is 0 Å². The van der Waals surface area contributed by atoms with Gasteiger partial charge in [-0.2, -0.15) is 0 Å². The van der Waals surface area contributed by atoms with Crippen molar-refractivity contribution in [1.82, 2.24) is 14.8 Å². The fourth-order valence-corrected chi connectivity index (χ4v) is 10.2. The largest absolute Gasteiger partial charge is 0.508 e. The van der Waals surface area contributed by atoms with E-state index in [4.69, 9.17) is 0 Å². The number of hydrogen-bond acceptors (Lipinski definition) is 4. The van der Waals surface area contributed by atoms with Crippen molar-refractivity contribution >= 4 is 5.91 Å². The van der Waals surface area contributed by atoms with Crippen LogP contribution in [-0.4, -0.2) is 57.5 Å². The third-order valence-corrected chi connectivity index (χ3v) is 11.3. The first-order valence-corrected chi connectivity index (χ1v) is 14.4. The molecule has 5 aliphatic rings. The molecule has 6 atom stereocenters. The maximum atomic E-state index is 13.7. The summed E-state index contributed by atoms with van der Waals surface area (Å²) in [6.07, 6.45) is 10.6. The lowest BCUT2D eigenvalue weighted by molar-refractivity contribution is -0.100. The Morgan fingerprint density at radius 3 is 2.82 bits per heavy atom. The molecular formula is C33H35N3O2. The third kappa shape index (κ3) is 2.91. The van der Waals surface area contributed by atoms with Crippen LogP contribution in [0.15, 0.2) is 73.1 Å². The van der Waals surface area contributed by atoms with E-state index in [2.05, 4.69) is 33.0 Å². The van der Waals surface area contributed by atoms with E-state index in [1.54, 1.807) is 0 Å². The predicted molar refractivity (Wildman–Crippen MR) is 146 cm³/mol. The number of nitrogens with zero attached hydrogens (tertiary/aromatic N) is 3. The lowest BCUT2D eigenvalue weighted by atomic mass is 9.43. The first-order valence-electron chi connectivity index (χ1n) is 14.4. The standard InChI is InChI=1S/C33H35N3O2/c37-26-9-8-24-17-29-32-12-10-28-30(25(19-32)21-36(28)31(38)23-6-2-1-3-7-23)33(32,27(24)18-26)13-16-35(29)15-11-22-5-4-14-34-20-22/h1-9,14,18,20,25,28-30,37H,10-13,15-17,19,21H2/t25-,28?,29-,30?,32-,33+/m1/s1. The first kappa shape index (κ1) is 22.8. The highest BCUT2D eigenvalue weighted by molar-refractivity contribution is 5.94. The molecule has 2 saturated heterocycles. The average Bonchev–Trinajstić information content (AvgIpc) is 3.40. The molecule has 38 heavy (non-hydrogen) atoms. The van der Waals surface area contributed by atoms with E-state index in [0.717, 1.165) is 50.9 Å². The van der Waals surface area contributed by atoms with Crippen molar-refractivity contribution < 1.29 is 9.90 Å². The predicted octanol–water partition coefficient (Wildman–Crippen LogP) is 4.84. The summed E-state index contributed by atoms with van der Waals surface area (Å²) in [6, 6.07) is 21.1. The molecular weight excluding hydrogens is 470 g/mol. The minimum atomic E-state index is 0.0497. The molecule has 0 spiro atoms. The van der Waals surface area contributed by atoms with Crippen LogP contribution in [-0.2, 0) is 18.3 Å². The summed E-state index contributed by atoms with van der Waals surface area (Å²) in [7, 11) is 0. The van der Waals surface area contributed by atoms with Gasteiger partial charge in [0.15, 0.2) is 0 Å². The summed E-state index contributed by atoms with van der Waals surface area (Å²) in [4.78, 5) is 23.1. The van der Waals surface area contributed by atoms with Crippen LogP contribution in [0.5, 0.6) is 5.75 Å². The number of carbonyl (C=O) groups excluding carboxylic acids is 1. The molecule has 1 aromatic heterocycles.